The van der Waals surface area contributed by atoms with E-state index in [-0.39, 0.29) is 17.4 Å². The first-order valence-corrected chi connectivity index (χ1v) is 8.54. The van der Waals surface area contributed by atoms with Gasteiger partial charge in [-0.05, 0) is 24.3 Å². The minimum Gasteiger partial charge on any atom is -0.508 e. The van der Waals surface area contributed by atoms with Crippen LogP contribution in [0.15, 0.2) is 52.9 Å². The fraction of sp³-hybridized carbons (Fsp3) is 0.0556. The van der Waals surface area contributed by atoms with Crippen molar-refractivity contribution in [2.45, 2.75) is 6.92 Å². The second-order valence-corrected chi connectivity index (χ2v) is 6.27. The number of anilines is 2. The van der Waals surface area contributed by atoms with Crippen LogP contribution in [0.1, 0.15) is 12.5 Å². The number of carbonyl (C=O) groups excluding carboxylic acids is 1. The number of aromatic hydroxyl groups is 2. The minimum absolute atomic E-state index is 0.0123. The maximum Gasteiger partial charge on any atom is 0.221 e. The third-order valence-electron chi connectivity index (χ3n) is 3.38. The van der Waals surface area contributed by atoms with Gasteiger partial charge in [0.05, 0.1) is 11.9 Å². The van der Waals surface area contributed by atoms with Crippen LogP contribution in [0.2, 0.25) is 0 Å². The molecule has 0 unspecified atom stereocenters. The van der Waals surface area contributed by atoms with Gasteiger partial charge < -0.3 is 15.5 Å². The van der Waals surface area contributed by atoms with Gasteiger partial charge in [-0.15, -0.1) is 11.3 Å². The lowest BCUT2D eigenvalue weighted by Crippen LogP contribution is -2.05. The second kappa shape index (κ2) is 7.66. The first kappa shape index (κ1) is 17.4. The second-order valence-electron chi connectivity index (χ2n) is 5.41. The van der Waals surface area contributed by atoms with E-state index in [0.717, 1.165) is 16.9 Å². The zero-order valence-corrected chi connectivity index (χ0v) is 14.6. The van der Waals surface area contributed by atoms with E-state index in [1.165, 1.54) is 36.6 Å². The maximum absolute atomic E-state index is 11.0. The fourth-order valence-electron chi connectivity index (χ4n) is 2.18. The highest BCUT2D eigenvalue weighted by Crippen LogP contribution is 2.26. The van der Waals surface area contributed by atoms with Crippen molar-refractivity contribution >= 4 is 34.3 Å². The summed E-state index contributed by atoms with van der Waals surface area (Å²) in [4.78, 5) is 15.5. The number of hydrogen-bond donors (Lipinski definition) is 4. The molecular weight excluding hydrogens is 352 g/mol. The van der Waals surface area contributed by atoms with Gasteiger partial charge in [0.1, 0.15) is 11.5 Å². The van der Waals surface area contributed by atoms with E-state index in [1.54, 1.807) is 6.07 Å². The summed E-state index contributed by atoms with van der Waals surface area (Å²) in [5, 5.41) is 28.2. The van der Waals surface area contributed by atoms with Crippen LogP contribution < -0.4 is 10.7 Å². The Labute approximate surface area is 153 Å². The molecule has 3 rings (SSSR count). The number of phenols is 2. The number of rotatable bonds is 5. The standard InChI is InChI=1S/C18H16N4O3S/c1-11(23)20-14-5-2-12(3-6-14)16-10-26-18(21-16)22-19-9-13-4-7-15(24)8-17(13)25/h2-10,24-25H,1H3,(H,20,23)(H,21,22). The summed E-state index contributed by atoms with van der Waals surface area (Å²) in [6.07, 6.45) is 1.44. The summed E-state index contributed by atoms with van der Waals surface area (Å²) in [6, 6.07) is 11.6. The predicted molar refractivity (Wildman–Crippen MR) is 103 cm³/mol. The monoisotopic (exact) mass is 368 g/mol. The van der Waals surface area contributed by atoms with E-state index < -0.39 is 0 Å². The quantitative estimate of drug-likeness (QED) is 0.406. The Balaban J connectivity index is 1.66. The molecule has 8 heteroatoms. The molecule has 1 heterocycles. The number of hydrogen-bond acceptors (Lipinski definition) is 7. The number of benzene rings is 2. The molecule has 2 aromatic carbocycles. The van der Waals surface area contributed by atoms with Gasteiger partial charge in [0.15, 0.2) is 0 Å². The van der Waals surface area contributed by atoms with Crippen LogP contribution in [0.5, 0.6) is 11.5 Å². The molecule has 1 amide bonds. The van der Waals surface area contributed by atoms with Crippen LogP contribution >= 0.6 is 11.3 Å². The van der Waals surface area contributed by atoms with Gasteiger partial charge in [0.25, 0.3) is 0 Å². The zero-order chi connectivity index (χ0) is 18.5. The average Bonchev–Trinajstić information content (AvgIpc) is 3.06. The highest BCUT2D eigenvalue weighted by atomic mass is 32.1. The molecule has 3 aromatic rings. The van der Waals surface area contributed by atoms with Crippen LogP contribution in [-0.4, -0.2) is 27.3 Å². The number of nitrogens with one attached hydrogen (secondary N) is 2. The Bertz CT molecular complexity index is 951. The third kappa shape index (κ3) is 4.37. The molecule has 7 nitrogen and oxygen atoms in total. The zero-order valence-electron chi connectivity index (χ0n) is 13.8. The lowest BCUT2D eigenvalue weighted by Gasteiger charge is -2.02. The summed E-state index contributed by atoms with van der Waals surface area (Å²) in [7, 11) is 0. The Hall–Kier alpha value is -3.39. The smallest absolute Gasteiger partial charge is 0.221 e. The van der Waals surface area contributed by atoms with Gasteiger partial charge in [-0.3, -0.25) is 10.2 Å². The topological polar surface area (TPSA) is 107 Å². The number of aromatic nitrogens is 1. The number of hydrazone groups is 1. The lowest BCUT2D eigenvalue weighted by molar-refractivity contribution is -0.114. The molecule has 0 aliphatic carbocycles. The van der Waals surface area contributed by atoms with Crippen molar-refractivity contribution in [3.63, 3.8) is 0 Å². The Morgan fingerprint density at radius 2 is 1.96 bits per heavy atom. The lowest BCUT2D eigenvalue weighted by atomic mass is 10.1. The van der Waals surface area contributed by atoms with Crippen LogP contribution in [0.25, 0.3) is 11.3 Å². The van der Waals surface area contributed by atoms with E-state index in [2.05, 4.69) is 20.8 Å². The van der Waals surface area contributed by atoms with Gasteiger partial charge in [-0.25, -0.2) is 4.98 Å². The summed E-state index contributed by atoms with van der Waals surface area (Å²) < 4.78 is 0. The third-order valence-corrected chi connectivity index (χ3v) is 4.13. The van der Waals surface area contributed by atoms with Gasteiger partial charge in [-0.2, -0.15) is 5.10 Å². The normalized spacial score (nSPS) is 10.8. The van der Waals surface area contributed by atoms with Crippen molar-refractivity contribution in [3.05, 3.63) is 53.4 Å². The van der Waals surface area contributed by atoms with Crippen LogP contribution in [0, 0.1) is 0 Å². The molecule has 0 aliphatic rings. The van der Waals surface area contributed by atoms with Crippen molar-refractivity contribution in [1.82, 2.24) is 4.98 Å². The highest BCUT2D eigenvalue weighted by molar-refractivity contribution is 7.14. The SMILES string of the molecule is CC(=O)Nc1ccc(-c2csc(NN=Cc3ccc(O)cc3O)n2)cc1. The summed E-state index contributed by atoms with van der Waals surface area (Å²) in [5.74, 6) is -0.188. The minimum atomic E-state index is -0.115. The molecule has 0 aliphatic heterocycles. The fourth-order valence-corrected chi connectivity index (χ4v) is 2.85. The van der Waals surface area contributed by atoms with E-state index >= 15 is 0 Å². The molecule has 1 aromatic heterocycles. The molecule has 0 spiro atoms. The molecule has 26 heavy (non-hydrogen) atoms. The molecule has 0 saturated carbocycles. The average molecular weight is 368 g/mol. The van der Waals surface area contributed by atoms with E-state index in [4.69, 9.17) is 0 Å². The summed E-state index contributed by atoms with van der Waals surface area (Å²) in [6.45, 7) is 1.46. The molecule has 0 radical (unpaired) electrons. The van der Waals surface area contributed by atoms with E-state index in [9.17, 15) is 15.0 Å². The molecular formula is C18H16N4O3S. The van der Waals surface area contributed by atoms with E-state index in [0.29, 0.717) is 10.7 Å². The van der Waals surface area contributed by atoms with Crippen LogP contribution in [0.3, 0.4) is 0 Å². The predicted octanol–water partition coefficient (Wildman–Crippen LogP) is 3.63. The van der Waals surface area contributed by atoms with Crippen molar-refractivity contribution in [2.24, 2.45) is 5.10 Å². The van der Waals surface area contributed by atoms with Gasteiger partial charge in [0.2, 0.25) is 11.0 Å². The Kier molecular flexibility index (Phi) is 5.14. The number of carbonyl (C=O) groups is 1. The number of thiazole rings is 1. The Morgan fingerprint density at radius 1 is 1.19 bits per heavy atom. The Morgan fingerprint density at radius 3 is 2.65 bits per heavy atom. The molecule has 4 N–H and O–H groups in total. The molecule has 0 bridgehead atoms. The van der Waals surface area contributed by atoms with Crippen LogP contribution in [0.4, 0.5) is 10.8 Å². The number of amides is 1. The summed E-state index contributed by atoms with van der Waals surface area (Å²) >= 11 is 1.39. The largest absolute Gasteiger partial charge is 0.508 e. The summed E-state index contributed by atoms with van der Waals surface area (Å²) in [5.41, 5.74) is 5.72. The van der Waals surface area contributed by atoms with Gasteiger partial charge >= 0.3 is 0 Å². The van der Waals surface area contributed by atoms with Gasteiger partial charge in [-0.1, -0.05) is 12.1 Å². The van der Waals surface area contributed by atoms with Crippen LogP contribution in [-0.2, 0) is 4.79 Å². The molecule has 0 saturated heterocycles. The van der Waals surface area contributed by atoms with Crippen molar-refractivity contribution < 1.29 is 15.0 Å². The number of nitrogens with zero attached hydrogens (tertiary/aromatic N) is 2. The number of phenolic OH excluding ortho intramolecular Hbond substituents is 2. The van der Waals surface area contributed by atoms with E-state index in [1.807, 2.05) is 29.6 Å². The maximum atomic E-state index is 11.0. The molecule has 0 fully saturated rings. The first-order chi connectivity index (χ1) is 12.5. The molecule has 0 atom stereocenters. The highest BCUT2D eigenvalue weighted by Gasteiger charge is 2.05. The van der Waals surface area contributed by atoms with Crippen molar-refractivity contribution in [3.8, 4) is 22.8 Å². The van der Waals surface area contributed by atoms with Crippen molar-refractivity contribution in [2.75, 3.05) is 10.7 Å². The van der Waals surface area contributed by atoms with Gasteiger partial charge in [0, 0.05) is 35.2 Å². The first-order valence-electron chi connectivity index (χ1n) is 7.66. The molecule has 132 valence electrons. The van der Waals surface area contributed by atoms with Crippen molar-refractivity contribution in [1.29, 1.82) is 0 Å².